The highest BCUT2D eigenvalue weighted by Gasteiger charge is 2.32. The maximum absolute atomic E-state index is 11.7. The summed E-state index contributed by atoms with van der Waals surface area (Å²) in [4.78, 5) is 22.4. The summed E-state index contributed by atoms with van der Waals surface area (Å²) in [5.41, 5.74) is 5.67. The lowest BCUT2D eigenvalue weighted by Gasteiger charge is -2.19. The van der Waals surface area contributed by atoms with Gasteiger partial charge in [0.05, 0.1) is 6.10 Å². The third-order valence-corrected chi connectivity index (χ3v) is 2.89. The Morgan fingerprint density at radius 3 is 2.44 bits per heavy atom. The van der Waals surface area contributed by atoms with Crippen molar-refractivity contribution in [2.75, 3.05) is 0 Å². The molecule has 0 bridgehead atoms. The molecule has 2 unspecified atom stereocenters. The minimum atomic E-state index is -1.25. The molecule has 0 aromatic heterocycles. The number of amides is 1. The molecule has 1 rings (SSSR count). The van der Waals surface area contributed by atoms with Crippen LogP contribution in [0.5, 0.6) is 0 Å². The van der Waals surface area contributed by atoms with Gasteiger partial charge in [-0.25, -0.2) is 4.79 Å². The number of aliphatic carboxylic acids is 1. The molecular formula is C10H18N2O4. The maximum atomic E-state index is 11.7. The Hall–Kier alpha value is -1.14. The number of carboxylic acid groups (broad SMARTS) is 1. The number of nitrogens with two attached hydrogens (primary N) is 1. The largest absolute Gasteiger partial charge is 0.480 e. The second kappa shape index (κ2) is 5.27. The predicted octanol–water partition coefficient (Wildman–Crippen LogP) is -0.936. The van der Waals surface area contributed by atoms with Crippen LogP contribution in [0.2, 0.25) is 0 Å². The predicted molar refractivity (Wildman–Crippen MR) is 56.6 cm³/mol. The van der Waals surface area contributed by atoms with Crippen molar-refractivity contribution in [3.8, 4) is 0 Å². The van der Waals surface area contributed by atoms with Crippen molar-refractivity contribution in [2.45, 2.75) is 44.4 Å². The van der Waals surface area contributed by atoms with Gasteiger partial charge in [-0.05, 0) is 26.2 Å². The van der Waals surface area contributed by atoms with E-state index in [2.05, 4.69) is 5.32 Å². The monoisotopic (exact) mass is 230 g/mol. The normalized spacial score (nSPS) is 28.4. The average Bonchev–Trinajstić information content (AvgIpc) is 2.59. The topological polar surface area (TPSA) is 113 Å². The Balaban J connectivity index is 2.52. The zero-order valence-corrected chi connectivity index (χ0v) is 9.22. The van der Waals surface area contributed by atoms with E-state index in [-0.39, 0.29) is 17.9 Å². The van der Waals surface area contributed by atoms with E-state index in [1.54, 1.807) is 0 Å². The van der Waals surface area contributed by atoms with Gasteiger partial charge in [0.2, 0.25) is 5.91 Å². The summed E-state index contributed by atoms with van der Waals surface area (Å²) in [7, 11) is 0. The fraction of sp³-hybridized carbons (Fsp3) is 0.800. The van der Waals surface area contributed by atoms with E-state index >= 15 is 0 Å². The first kappa shape index (κ1) is 12.9. The van der Waals surface area contributed by atoms with Crippen molar-refractivity contribution in [1.82, 2.24) is 5.32 Å². The van der Waals surface area contributed by atoms with Crippen molar-refractivity contribution in [1.29, 1.82) is 0 Å². The summed E-state index contributed by atoms with van der Waals surface area (Å²) in [6, 6.07) is -1.23. The van der Waals surface area contributed by atoms with Gasteiger partial charge in [0.1, 0.15) is 0 Å². The molecule has 6 heteroatoms. The van der Waals surface area contributed by atoms with E-state index in [1.807, 2.05) is 0 Å². The van der Waals surface area contributed by atoms with Gasteiger partial charge < -0.3 is 21.3 Å². The van der Waals surface area contributed by atoms with Gasteiger partial charge in [0.25, 0.3) is 0 Å². The van der Waals surface area contributed by atoms with E-state index in [0.717, 1.165) is 6.42 Å². The van der Waals surface area contributed by atoms with Crippen molar-refractivity contribution < 1.29 is 19.8 Å². The summed E-state index contributed by atoms with van der Waals surface area (Å²) in [6.07, 6.45) is 0.929. The summed E-state index contributed by atoms with van der Waals surface area (Å²) < 4.78 is 0. The van der Waals surface area contributed by atoms with Crippen LogP contribution in [-0.2, 0) is 9.59 Å². The van der Waals surface area contributed by atoms with Gasteiger partial charge in [-0.2, -0.15) is 0 Å². The van der Waals surface area contributed by atoms with Crippen LogP contribution in [0.15, 0.2) is 0 Å². The smallest absolute Gasteiger partial charge is 0.328 e. The molecule has 1 aliphatic carbocycles. The molecular weight excluding hydrogens is 212 g/mol. The molecule has 1 amide bonds. The first-order valence-corrected chi connectivity index (χ1v) is 5.38. The van der Waals surface area contributed by atoms with Gasteiger partial charge in [-0.3, -0.25) is 4.79 Å². The van der Waals surface area contributed by atoms with E-state index in [4.69, 9.17) is 10.8 Å². The van der Waals surface area contributed by atoms with Crippen LogP contribution in [0.4, 0.5) is 0 Å². The summed E-state index contributed by atoms with van der Waals surface area (Å²) in [5, 5.41) is 20.3. The van der Waals surface area contributed by atoms with Gasteiger partial charge in [-0.15, -0.1) is 0 Å². The number of rotatable bonds is 4. The molecule has 16 heavy (non-hydrogen) atoms. The van der Waals surface area contributed by atoms with Gasteiger partial charge >= 0.3 is 5.97 Å². The third kappa shape index (κ3) is 3.18. The van der Waals surface area contributed by atoms with E-state index in [9.17, 15) is 14.7 Å². The molecule has 0 aromatic carbocycles. The second-order valence-electron chi connectivity index (χ2n) is 4.34. The van der Waals surface area contributed by atoms with E-state index in [1.165, 1.54) is 6.92 Å². The van der Waals surface area contributed by atoms with E-state index < -0.39 is 18.1 Å². The molecule has 6 nitrogen and oxygen atoms in total. The van der Waals surface area contributed by atoms with E-state index in [0.29, 0.717) is 12.8 Å². The van der Waals surface area contributed by atoms with Crippen LogP contribution in [0.1, 0.15) is 26.2 Å². The lowest BCUT2D eigenvalue weighted by atomic mass is 10.1. The number of aliphatic hydroxyl groups excluding tert-OH is 1. The Morgan fingerprint density at radius 1 is 1.44 bits per heavy atom. The zero-order chi connectivity index (χ0) is 12.3. The van der Waals surface area contributed by atoms with Gasteiger partial charge in [0, 0.05) is 12.0 Å². The average molecular weight is 230 g/mol. The van der Waals surface area contributed by atoms with Gasteiger partial charge in [-0.1, -0.05) is 0 Å². The third-order valence-electron chi connectivity index (χ3n) is 2.89. The minimum absolute atomic E-state index is 0.0191. The van der Waals surface area contributed by atoms with Gasteiger partial charge in [0.15, 0.2) is 6.04 Å². The van der Waals surface area contributed by atoms with Crippen molar-refractivity contribution in [2.24, 2.45) is 11.7 Å². The number of hydrogen-bond donors (Lipinski definition) is 4. The molecule has 1 aliphatic rings. The van der Waals surface area contributed by atoms with Crippen LogP contribution < -0.4 is 11.1 Å². The lowest BCUT2D eigenvalue weighted by Crippen LogP contribution is -2.49. The highest BCUT2D eigenvalue weighted by molar-refractivity contribution is 5.85. The van der Waals surface area contributed by atoms with Crippen molar-refractivity contribution in [3.05, 3.63) is 0 Å². The number of hydrogen-bond acceptors (Lipinski definition) is 4. The molecule has 0 aliphatic heterocycles. The highest BCUT2D eigenvalue weighted by Crippen LogP contribution is 2.24. The standard InChI is InChI=1S/C10H18N2O4/c1-5(13)8(10(15)16)12-9(14)6-2-3-7(11)4-6/h5-8,13H,2-4,11H2,1H3,(H,12,14)(H,15,16)/t5-,6?,7?,8+/m1/s1. The number of nitrogens with one attached hydrogen (secondary N) is 1. The Kier molecular flexibility index (Phi) is 4.26. The second-order valence-corrected chi connectivity index (χ2v) is 4.34. The van der Waals surface area contributed by atoms with Crippen LogP contribution in [0.25, 0.3) is 0 Å². The number of carboxylic acids is 1. The number of aliphatic hydroxyl groups is 1. The van der Waals surface area contributed by atoms with Crippen molar-refractivity contribution >= 4 is 11.9 Å². The first-order chi connectivity index (χ1) is 7.41. The van der Waals surface area contributed by atoms with Crippen LogP contribution >= 0.6 is 0 Å². The molecule has 0 aromatic rings. The Morgan fingerprint density at radius 2 is 2.06 bits per heavy atom. The fourth-order valence-corrected chi connectivity index (χ4v) is 1.91. The quantitative estimate of drug-likeness (QED) is 0.498. The molecule has 1 fully saturated rings. The number of carbonyl (C=O) groups excluding carboxylic acids is 1. The van der Waals surface area contributed by atoms with Crippen LogP contribution in [-0.4, -0.2) is 40.3 Å². The Bertz CT molecular complexity index is 280. The molecule has 0 spiro atoms. The van der Waals surface area contributed by atoms with Crippen LogP contribution in [0.3, 0.4) is 0 Å². The zero-order valence-electron chi connectivity index (χ0n) is 9.22. The molecule has 0 heterocycles. The summed E-state index contributed by atoms with van der Waals surface area (Å²) in [6.45, 7) is 1.33. The number of carbonyl (C=O) groups is 2. The fourth-order valence-electron chi connectivity index (χ4n) is 1.91. The molecule has 5 N–H and O–H groups in total. The first-order valence-electron chi connectivity index (χ1n) is 5.38. The maximum Gasteiger partial charge on any atom is 0.328 e. The summed E-state index contributed by atoms with van der Waals surface area (Å²) in [5.74, 6) is -1.79. The molecule has 92 valence electrons. The SMILES string of the molecule is C[C@@H](O)[C@H](NC(=O)C1CCC(N)C1)C(=O)O. The highest BCUT2D eigenvalue weighted by atomic mass is 16.4. The Labute approximate surface area is 93.8 Å². The lowest BCUT2D eigenvalue weighted by molar-refractivity contribution is -0.145. The minimum Gasteiger partial charge on any atom is -0.480 e. The molecule has 1 saturated carbocycles. The molecule has 0 saturated heterocycles. The van der Waals surface area contributed by atoms with Crippen LogP contribution in [0, 0.1) is 5.92 Å². The molecule has 4 atom stereocenters. The van der Waals surface area contributed by atoms with Crippen molar-refractivity contribution in [3.63, 3.8) is 0 Å². The molecule has 0 radical (unpaired) electrons. The summed E-state index contributed by atoms with van der Waals surface area (Å²) >= 11 is 0.